The Labute approximate surface area is 234 Å². The van der Waals surface area contributed by atoms with Crippen LogP contribution >= 0.6 is 11.8 Å². The molecule has 3 saturated heterocycles. The highest BCUT2D eigenvalue weighted by Crippen LogP contribution is 2.69. The van der Waals surface area contributed by atoms with E-state index in [1.807, 2.05) is 4.90 Å². The first-order valence-corrected chi connectivity index (χ1v) is 14.9. The fourth-order valence-electron chi connectivity index (χ4n) is 7.56. The van der Waals surface area contributed by atoms with Gasteiger partial charge in [0.1, 0.15) is 6.04 Å². The summed E-state index contributed by atoms with van der Waals surface area (Å²) in [6.07, 6.45) is 6.24. The van der Waals surface area contributed by atoms with Gasteiger partial charge < -0.3 is 19.8 Å². The molecule has 6 atom stereocenters. The van der Waals surface area contributed by atoms with Gasteiger partial charge in [-0.05, 0) is 50.9 Å². The number of carbonyl (C=O) groups excluding carboxylic acids is 3. The zero-order chi connectivity index (χ0) is 28.6. The smallest absolute Gasteiger partial charge is 0.247 e. The maximum Gasteiger partial charge on any atom is 0.247 e. The molecular formula is C30H49N3O4S. The number of unbranched alkanes of at least 4 members (excludes halogenated alkanes) is 1. The Morgan fingerprint density at radius 3 is 2.32 bits per heavy atom. The summed E-state index contributed by atoms with van der Waals surface area (Å²) >= 11 is 1.71. The lowest BCUT2D eigenvalue weighted by molar-refractivity contribution is -0.147. The van der Waals surface area contributed by atoms with E-state index < -0.39 is 28.2 Å². The largest absolute Gasteiger partial charge is 0.396 e. The van der Waals surface area contributed by atoms with Crippen molar-refractivity contribution in [3.63, 3.8) is 0 Å². The molecule has 1 N–H and O–H groups in total. The van der Waals surface area contributed by atoms with Gasteiger partial charge in [-0.1, -0.05) is 39.8 Å². The molecule has 2 bridgehead atoms. The number of amides is 3. The summed E-state index contributed by atoms with van der Waals surface area (Å²) < 4.78 is -0.648. The van der Waals surface area contributed by atoms with Gasteiger partial charge in [-0.2, -0.15) is 0 Å². The first-order chi connectivity index (χ1) is 17.7. The Balaban J connectivity index is 2.10. The molecule has 0 aromatic rings. The topological polar surface area (TPSA) is 81.2 Å². The van der Waals surface area contributed by atoms with E-state index in [2.05, 4.69) is 54.7 Å². The van der Waals surface area contributed by atoms with Crippen molar-refractivity contribution in [1.29, 1.82) is 0 Å². The summed E-state index contributed by atoms with van der Waals surface area (Å²) in [5.74, 6) is -1.02. The van der Waals surface area contributed by atoms with Crippen molar-refractivity contribution in [2.75, 3.05) is 33.3 Å². The number of aliphatic hydroxyl groups is 1. The summed E-state index contributed by atoms with van der Waals surface area (Å²) in [4.78, 5) is 48.0. The van der Waals surface area contributed by atoms with Gasteiger partial charge in [-0.3, -0.25) is 14.4 Å². The van der Waals surface area contributed by atoms with Gasteiger partial charge >= 0.3 is 0 Å². The summed E-state index contributed by atoms with van der Waals surface area (Å²) in [7, 11) is 1.76. The number of hydrogen-bond acceptors (Lipinski definition) is 5. The van der Waals surface area contributed by atoms with Crippen molar-refractivity contribution in [3.8, 4) is 0 Å². The second-order valence-electron chi connectivity index (χ2n) is 13.3. The first-order valence-electron chi connectivity index (χ1n) is 14.0. The molecule has 3 unspecified atom stereocenters. The normalized spacial score (nSPS) is 30.4. The summed E-state index contributed by atoms with van der Waals surface area (Å²) in [6, 6.07) is -0.648. The van der Waals surface area contributed by atoms with Gasteiger partial charge in [-0.25, -0.2) is 0 Å². The Morgan fingerprint density at radius 1 is 1.13 bits per heavy atom. The summed E-state index contributed by atoms with van der Waals surface area (Å²) in [6.45, 7) is 21.8. The maximum absolute atomic E-state index is 14.8. The average molecular weight is 548 g/mol. The maximum atomic E-state index is 14.8. The molecule has 3 fully saturated rings. The number of likely N-dealkylation sites (tertiary alicyclic amines) is 1. The van der Waals surface area contributed by atoms with Crippen LogP contribution in [0.2, 0.25) is 0 Å². The number of carbonyl (C=O) groups is 3. The highest BCUT2D eigenvalue weighted by molar-refractivity contribution is 8.02. The second-order valence-corrected chi connectivity index (χ2v) is 14.9. The van der Waals surface area contributed by atoms with Crippen molar-refractivity contribution in [1.82, 2.24) is 14.7 Å². The fourth-order valence-corrected chi connectivity index (χ4v) is 9.97. The van der Waals surface area contributed by atoms with E-state index in [9.17, 15) is 19.5 Å². The van der Waals surface area contributed by atoms with E-state index in [4.69, 9.17) is 0 Å². The van der Waals surface area contributed by atoms with Gasteiger partial charge in [0.05, 0.1) is 16.6 Å². The summed E-state index contributed by atoms with van der Waals surface area (Å²) in [5, 5.41) is 9.45. The van der Waals surface area contributed by atoms with Crippen molar-refractivity contribution >= 4 is 29.5 Å². The molecule has 0 aromatic carbocycles. The van der Waals surface area contributed by atoms with Gasteiger partial charge in [0, 0.05) is 44.1 Å². The van der Waals surface area contributed by atoms with Gasteiger partial charge in [0.15, 0.2) is 0 Å². The fraction of sp³-hybridized carbons (Fsp3) is 0.767. The van der Waals surface area contributed by atoms with E-state index in [1.165, 1.54) is 0 Å². The highest BCUT2D eigenvalue weighted by atomic mass is 32.2. The minimum absolute atomic E-state index is 0.00254. The molecule has 3 aliphatic rings. The van der Waals surface area contributed by atoms with Crippen LogP contribution in [-0.2, 0) is 14.4 Å². The molecule has 3 amide bonds. The molecule has 0 radical (unpaired) electrons. The number of thioether (sulfide) groups is 1. The molecule has 3 aliphatic heterocycles. The molecule has 214 valence electrons. The van der Waals surface area contributed by atoms with E-state index in [-0.39, 0.29) is 40.9 Å². The molecule has 1 spiro atoms. The van der Waals surface area contributed by atoms with Crippen LogP contribution in [0.25, 0.3) is 0 Å². The van der Waals surface area contributed by atoms with Crippen molar-refractivity contribution in [3.05, 3.63) is 25.3 Å². The van der Waals surface area contributed by atoms with Gasteiger partial charge in [0.25, 0.3) is 0 Å². The van der Waals surface area contributed by atoms with Crippen LogP contribution in [-0.4, -0.2) is 92.4 Å². The number of rotatable bonds is 12. The van der Waals surface area contributed by atoms with E-state index in [0.717, 1.165) is 12.8 Å². The zero-order valence-corrected chi connectivity index (χ0v) is 25.4. The van der Waals surface area contributed by atoms with Crippen molar-refractivity contribution in [2.45, 2.75) is 88.8 Å². The van der Waals surface area contributed by atoms with Crippen LogP contribution in [0.4, 0.5) is 0 Å². The number of nitrogens with zero attached hydrogens (tertiary/aromatic N) is 3. The predicted octanol–water partition coefficient (Wildman–Crippen LogP) is 3.97. The average Bonchev–Trinajstić information content (AvgIpc) is 3.39. The molecule has 0 aliphatic carbocycles. The number of hydrogen-bond donors (Lipinski definition) is 1. The molecule has 8 heteroatoms. The van der Waals surface area contributed by atoms with Crippen LogP contribution in [0.15, 0.2) is 25.3 Å². The van der Waals surface area contributed by atoms with Gasteiger partial charge in [-0.15, -0.1) is 24.9 Å². The first kappa shape index (κ1) is 30.7. The molecule has 7 nitrogen and oxygen atoms in total. The molecular weight excluding hydrogens is 498 g/mol. The molecule has 0 saturated carbocycles. The Kier molecular flexibility index (Phi) is 9.19. The number of fused-ring (bicyclic) bond motifs is 1. The van der Waals surface area contributed by atoms with Crippen LogP contribution in [0.3, 0.4) is 0 Å². The standard InChI is InChI=1S/C30H49N3O4S/c1-10-14-31(9)25(35)22-21-18-20(3)30(38-21)23(22)26(36)32(16-12-13-17-34)24(30)27(37)33(15-11-2)29(7,8)19-28(4,5)6/h10-11,20-24,34H,1-2,12-19H2,3-9H3/t20?,21-,22+,23+,24?,30?/m1/s1. The second kappa shape index (κ2) is 11.4. The Morgan fingerprint density at radius 2 is 1.76 bits per heavy atom. The highest BCUT2D eigenvalue weighted by Gasteiger charge is 2.76. The van der Waals surface area contributed by atoms with Crippen LogP contribution in [0, 0.1) is 23.2 Å². The van der Waals surface area contributed by atoms with E-state index in [0.29, 0.717) is 32.5 Å². The van der Waals surface area contributed by atoms with Crippen molar-refractivity contribution < 1.29 is 19.5 Å². The third-order valence-corrected chi connectivity index (χ3v) is 10.7. The SMILES string of the molecule is C=CCN(C)C(=O)[C@@H]1[C@H]2C(=O)N(CCCCO)C(C(=O)N(CC=C)C(C)(C)CC(C)(C)C)C23S[C@@H]1CC3C. The lowest BCUT2D eigenvalue weighted by Gasteiger charge is -2.47. The zero-order valence-electron chi connectivity index (χ0n) is 24.5. The third kappa shape index (κ3) is 5.32. The summed E-state index contributed by atoms with van der Waals surface area (Å²) in [5.41, 5.74) is -0.459. The third-order valence-electron chi connectivity index (χ3n) is 8.62. The molecule has 0 aromatic heterocycles. The van der Waals surface area contributed by atoms with E-state index in [1.54, 1.807) is 40.8 Å². The number of likely N-dealkylation sites (N-methyl/N-ethyl adjacent to an activating group) is 1. The van der Waals surface area contributed by atoms with Gasteiger partial charge in [0.2, 0.25) is 17.7 Å². The lowest BCUT2D eigenvalue weighted by atomic mass is 9.65. The van der Waals surface area contributed by atoms with Crippen LogP contribution < -0.4 is 0 Å². The predicted molar refractivity (Wildman–Crippen MR) is 155 cm³/mol. The number of aliphatic hydroxyl groups excluding tert-OH is 1. The van der Waals surface area contributed by atoms with E-state index >= 15 is 0 Å². The lowest BCUT2D eigenvalue weighted by Crippen LogP contribution is -2.61. The minimum atomic E-state index is -0.648. The monoisotopic (exact) mass is 547 g/mol. The van der Waals surface area contributed by atoms with Crippen LogP contribution in [0.5, 0.6) is 0 Å². The Hall–Kier alpha value is -1.80. The molecule has 3 heterocycles. The van der Waals surface area contributed by atoms with Crippen molar-refractivity contribution in [2.24, 2.45) is 23.2 Å². The van der Waals surface area contributed by atoms with Crippen LogP contribution in [0.1, 0.15) is 67.2 Å². The quantitative estimate of drug-likeness (QED) is 0.295. The minimum Gasteiger partial charge on any atom is -0.396 e. The molecule has 3 rings (SSSR count). The molecule has 38 heavy (non-hydrogen) atoms. The Bertz CT molecular complexity index is 944.